The number of aryl methyl sites for hydroxylation is 1. The van der Waals surface area contributed by atoms with E-state index >= 15 is 0 Å². The number of fused-ring (bicyclic) bond motifs is 1. The lowest BCUT2D eigenvalue weighted by atomic mass is 10.1. The van der Waals surface area contributed by atoms with E-state index in [0.717, 1.165) is 28.9 Å². The molecule has 4 nitrogen and oxygen atoms in total. The van der Waals surface area contributed by atoms with Crippen LogP contribution in [-0.4, -0.2) is 16.0 Å². The van der Waals surface area contributed by atoms with Gasteiger partial charge < -0.3 is 4.74 Å². The summed E-state index contributed by atoms with van der Waals surface area (Å²) in [4.78, 5) is 4.59. The molecule has 0 aliphatic rings. The molecule has 2 heterocycles. The SMILES string of the molecule is CCCOc1ccc(-c2nc3ccc(C)cn3c2C#N)cc1. The second-order valence-corrected chi connectivity index (χ2v) is 5.23. The van der Waals surface area contributed by atoms with Gasteiger partial charge >= 0.3 is 0 Å². The fourth-order valence-corrected chi connectivity index (χ4v) is 2.39. The van der Waals surface area contributed by atoms with Crippen LogP contribution in [0.5, 0.6) is 5.75 Å². The quantitative estimate of drug-likeness (QED) is 0.730. The third kappa shape index (κ3) is 2.53. The van der Waals surface area contributed by atoms with Crippen LogP contribution >= 0.6 is 0 Å². The molecule has 110 valence electrons. The molecule has 3 aromatic rings. The fourth-order valence-electron chi connectivity index (χ4n) is 2.39. The first kappa shape index (κ1) is 14.2. The topological polar surface area (TPSA) is 50.3 Å². The summed E-state index contributed by atoms with van der Waals surface area (Å²) in [5, 5.41) is 9.49. The highest BCUT2D eigenvalue weighted by Crippen LogP contribution is 2.26. The van der Waals surface area contributed by atoms with E-state index in [0.29, 0.717) is 18.0 Å². The maximum Gasteiger partial charge on any atom is 0.152 e. The molecule has 4 heteroatoms. The van der Waals surface area contributed by atoms with Crippen LogP contribution in [0, 0.1) is 18.3 Å². The molecule has 0 saturated carbocycles. The highest BCUT2D eigenvalue weighted by atomic mass is 16.5. The predicted octanol–water partition coefficient (Wildman–Crippen LogP) is 3.97. The fraction of sp³-hybridized carbons (Fsp3) is 0.222. The number of benzene rings is 1. The van der Waals surface area contributed by atoms with E-state index in [2.05, 4.69) is 18.0 Å². The largest absolute Gasteiger partial charge is 0.494 e. The lowest BCUT2D eigenvalue weighted by Crippen LogP contribution is -1.94. The molecule has 0 atom stereocenters. The number of hydrogen-bond acceptors (Lipinski definition) is 3. The molecule has 0 bridgehead atoms. The number of ether oxygens (including phenoxy) is 1. The molecule has 0 spiro atoms. The first-order valence-electron chi connectivity index (χ1n) is 7.35. The predicted molar refractivity (Wildman–Crippen MR) is 85.9 cm³/mol. The Hall–Kier alpha value is -2.80. The lowest BCUT2D eigenvalue weighted by molar-refractivity contribution is 0.317. The van der Waals surface area contributed by atoms with Gasteiger partial charge in [-0.2, -0.15) is 5.26 Å². The van der Waals surface area contributed by atoms with Gasteiger partial charge in [0.05, 0.1) is 6.61 Å². The summed E-state index contributed by atoms with van der Waals surface area (Å²) in [7, 11) is 0. The van der Waals surface area contributed by atoms with Crippen molar-refractivity contribution in [2.75, 3.05) is 6.61 Å². The maximum atomic E-state index is 9.49. The van der Waals surface area contributed by atoms with Crippen LogP contribution in [0.1, 0.15) is 24.6 Å². The Morgan fingerprint density at radius 1 is 1.18 bits per heavy atom. The number of nitriles is 1. The summed E-state index contributed by atoms with van der Waals surface area (Å²) in [6.45, 7) is 4.78. The molecule has 0 aliphatic heterocycles. The van der Waals surface area contributed by atoms with Crippen LogP contribution in [0.25, 0.3) is 16.9 Å². The average Bonchev–Trinajstić information content (AvgIpc) is 2.91. The van der Waals surface area contributed by atoms with E-state index < -0.39 is 0 Å². The molecule has 22 heavy (non-hydrogen) atoms. The lowest BCUT2D eigenvalue weighted by Gasteiger charge is -2.05. The number of nitrogens with zero attached hydrogens (tertiary/aromatic N) is 3. The van der Waals surface area contributed by atoms with Gasteiger partial charge in [-0.25, -0.2) is 4.98 Å². The molecule has 0 N–H and O–H groups in total. The summed E-state index contributed by atoms with van der Waals surface area (Å²) < 4.78 is 7.43. The third-order valence-corrected chi connectivity index (χ3v) is 3.47. The zero-order valence-corrected chi connectivity index (χ0v) is 12.7. The van der Waals surface area contributed by atoms with Crippen LogP contribution in [0.15, 0.2) is 42.6 Å². The van der Waals surface area contributed by atoms with E-state index in [1.54, 1.807) is 0 Å². The summed E-state index contributed by atoms with van der Waals surface area (Å²) in [5.74, 6) is 0.837. The van der Waals surface area contributed by atoms with Crippen LogP contribution in [-0.2, 0) is 0 Å². The summed E-state index contributed by atoms with van der Waals surface area (Å²) in [6.07, 6.45) is 2.91. The first-order chi connectivity index (χ1) is 10.7. The zero-order valence-electron chi connectivity index (χ0n) is 12.7. The minimum atomic E-state index is 0.556. The Labute approximate surface area is 129 Å². The summed E-state index contributed by atoms with van der Waals surface area (Å²) in [5.41, 5.74) is 4.05. The van der Waals surface area contributed by atoms with Gasteiger partial charge in [0.1, 0.15) is 23.2 Å². The molecular formula is C18H17N3O. The van der Waals surface area contributed by atoms with Crippen molar-refractivity contribution in [1.29, 1.82) is 5.26 Å². The van der Waals surface area contributed by atoms with Gasteiger partial charge in [-0.3, -0.25) is 4.40 Å². The highest BCUT2D eigenvalue weighted by Gasteiger charge is 2.13. The van der Waals surface area contributed by atoms with E-state index in [-0.39, 0.29) is 0 Å². The molecule has 0 amide bonds. The van der Waals surface area contributed by atoms with Crippen molar-refractivity contribution in [3.8, 4) is 23.1 Å². The number of imidazole rings is 1. The van der Waals surface area contributed by atoms with Gasteiger partial charge in [0.2, 0.25) is 0 Å². The maximum absolute atomic E-state index is 9.49. The van der Waals surface area contributed by atoms with Gasteiger partial charge in [0.15, 0.2) is 5.69 Å². The standard InChI is InChI=1S/C18H17N3O/c1-3-10-22-15-7-5-14(6-8-15)18-16(11-19)21-12-13(2)4-9-17(21)20-18/h4-9,12H,3,10H2,1-2H3. The normalized spacial score (nSPS) is 10.6. The molecule has 0 radical (unpaired) electrons. The molecule has 0 aliphatic carbocycles. The zero-order chi connectivity index (χ0) is 15.5. The molecule has 0 fully saturated rings. The van der Waals surface area contributed by atoms with Crippen LogP contribution in [0.4, 0.5) is 0 Å². The van der Waals surface area contributed by atoms with Crippen LogP contribution in [0.3, 0.4) is 0 Å². The van der Waals surface area contributed by atoms with Gasteiger partial charge in [0, 0.05) is 11.8 Å². The van der Waals surface area contributed by atoms with Gasteiger partial charge in [-0.15, -0.1) is 0 Å². The molecule has 2 aromatic heterocycles. The smallest absolute Gasteiger partial charge is 0.152 e. The molecule has 0 saturated heterocycles. The number of pyridine rings is 1. The molecule has 0 unspecified atom stereocenters. The van der Waals surface area contributed by atoms with Crippen LogP contribution < -0.4 is 4.74 Å². The Balaban J connectivity index is 2.04. The Morgan fingerprint density at radius 2 is 1.95 bits per heavy atom. The van der Waals surface area contributed by atoms with E-state index in [9.17, 15) is 5.26 Å². The monoisotopic (exact) mass is 291 g/mol. The van der Waals surface area contributed by atoms with Gasteiger partial charge in [-0.05, 0) is 49.2 Å². The third-order valence-electron chi connectivity index (χ3n) is 3.47. The Bertz CT molecular complexity index is 841. The second kappa shape index (κ2) is 5.90. The summed E-state index contributed by atoms with van der Waals surface area (Å²) in [6, 6.07) is 13.9. The van der Waals surface area contributed by atoms with Crippen molar-refractivity contribution in [3.63, 3.8) is 0 Å². The first-order valence-corrected chi connectivity index (χ1v) is 7.35. The molecule has 3 rings (SSSR count). The van der Waals surface area contributed by atoms with Crippen LogP contribution in [0.2, 0.25) is 0 Å². The average molecular weight is 291 g/mol. The van der Waals surface area contributed by atoms with Crippen molar-refractivity contribution in [2.24, 2.45) is 0 Å². The number of rotatable bonds is 4. The Morgan fingerprint density at radius 3 is 2.64 bits per heavy atom. The van der Waals surface area contributed by atoms with E-state index in [1.165, 1.54) is 0 Å². The van der Waals surface area contributed by atoms with Crippen molar-refractivity contribution in [3.05, 3.63) is 53.9 Å². The Kier molecular flexibility index (Phi) is 3.80. The van der Waals surface area contributed by atoms with Crippen molar-refractivity contribution < 1.29 is 4.74 Å². The van der Waals surface area contributed by atoms with Crippen molar-refractivity contribution in [2.45, 2.75) is 20.3 Å². The highest BCUT2D eigenvalue weighted by molar-refractivity contribution is 5.70. The summed E-state index contributed by atoms with van der Waals surface area (Å²) >= 11 is 0. The minimum Gasteiger partial charge on any atom is -0.494 e. The minimum absolute atomic E-state index is 0.556. The molecular weight excluding hydrogens is 274 g/mol. The van der Waals surface area contributed by atoms with Crippen molar-refractivity contribution in [1.82, 2.24) is 9.38 Å². The van der Waals surface area contributed by atoms with Gasteiger partial charge in [-0.1, -0.05) is 13.0 Å². The second-order valence-electron chi connectivity index (χ2n) is 5.23. The van der Waals surface area contributed by atoms with E-state index in [4.69, 9.17) is 4.74 Å². The van der Waals surface area contributed by atoms with E-state index in [1.807, 2.05) is 53.9 Å². The number of hydrogen-bond donors (Lipinski definition) is 0. The van der Waals surface area contributed by atoms with Crippen molar-refractivity contribution >= 4 is 5.65 Å². The molecule has 1 aromatic carbocycles. The van der Waals surface area contributed by atoms with Gasteiger partial charge in [0.25, 0.3) is 0 Å². The number of aromatic nitrogens is 2.